The van der Waals surface area contributed by atoms with Crippen molar-refractivity contribution >= 4 is 11.6 Å². The van der Waals surface area contributed by atoms with Gasteiger partial charge in [-0.25, -0.2) is 0 Å². The van der Waals surface area contributed by atoms with Crippen LogP contribution in [0.3, 0.4) is 0 Å². The predicted molar refractivity (Wildman–Crippen MR) is 103 cm³/mol. The number of carbonyl (C=O) groups excluding carboxylic acids is 2. The summed E-state index contributed by atoms with van der Waals surface area (Å²) in [6.07, 6.45) is 9.93. The number of hydrogen-bond acceptors (Lipinski definition) is 4. The van der Waals surface area contributed by atoms with Crippen molar-refractivity contribution in [1.29, 1.82) is 0 Å². The number of carbonyl (C=O) groups is 2. The Morgan fingerprint density at radius 3 is 2.77 bits per heavy atom. The summed E-state index contributed by atoms with van der Waals surface area (Å²) in [6, 6.07) is 0. The van der Waals surface area contributed by atoms with Gasteiger partial charge in [-0.1, -0.05) is 37.1 Å². The highest BCUT2D eigenvalue weighted by Crippen LogP contribution is 2.44. The van der Waals surface area contributed by atoms with E-state index in [1.54, 1.807) is 0 Å². The highest BCUT2D eigenvalue weighted by molar-refractivity contribution is 6.20. The normalized spacial score (nSPS) is 27.4. The number of aliphatic hydroxyl groups is 1. The molecule has 0 amide bonds. The molecule has 2 rings (SSSR count). The van der Waals surface area contributed by atoms with E-state index in [2.05, 4.69) is 26.8 Å². The zero-order chi connectivity index (χ0) is 19.5. The quantitative estimate of drug-likeness (QED) is 0.537. The standard InChI is InChI=1S/C22H30O4/c1-14(10-12-22(4)11-6-7-15(2)16(22)3)8-9-17-20(24)18(23)13-19(26-5)21(17)25/h7-8,13,16,24H,6,9-12H2,1-5H3/b14-8+/t16-,22-/m1/s1. The summed E-state index contributed by atoms with van der Waals surface area (Å²) in [5.74, 6) is -0.897. The number of hydrogen-bond donors (Lipinski definition) is 1. The summed E-state index contributed by atoms with van der Waals surface area (Å²) >= 11 is 0. The zero-order valence-corrected chi connectivity index (χ0v) is 16.5. The molecule has 0 saturated carbocycles. The van der Waals surface area contributed by atoms with E-state index in [9.17, 15) is 14.7 Å². The SMILES string of the molecule is COC1=CC(=O)C(O)=C(C/C=C(\C)CC[C@@]2(C)CCC=C(C)[C@H]2C)C1=O. The van der Waals surface area contributed by atoms with E-state index < -0.39 is 17.3 Å². The minimum absolute atomic E-state index is 0.0142. The maximum atomic E-state index is 12.3. The molecule has 4 heteroatoms. The summed E-state index contributed by atoms with van der Waals surface area (Å²) in [6.45, 7) is 8.92. The van der Waals surface area contributed by atoms with Gasteiger partial charge in [0.15, 0.2) is 11.5 Å². The molecule has 1 N–H and O–H groups in total. The number of ether oxygens (including phenoxy) is 1. The molecule has 0 heterocycles. The summed E-state index contributed by atoms with van der Waals surface area (Å²) in [4.78, 5) is 24.0. The third-order valence-electron chi connectivity index (χ3n) is 6.15. The van der Waals surface area contributed by atoms with Gasteiger partial charge in [0.05, 0.1) is 12.7 Å². The monoisotopic (exact) mass is 358 g/mol. The van der Waals surface area contributed by atoms with Crippen molar-refractivity contribution in [3.8, 4) is 0 Å². The van der Waals surface area contributed by atoms with Gasteiger partial charge in [0.2, 0.25) is 11.6 Å². The average Bonchev–Trinajstić information content (AvgIpc) is 2.61. The third-order valence-corrected chi connectivity index (χ3v) is 6.15. The Morgan fingerprint density at radius 2 is 2.12 bits per heavy atom. The van der Waals surface area contributed by atoms with Crippen molar-refractivity contribution in [3.05, 3.63) is 46.5 Å². The van der Waals surface area contributed by atoms with E-state index in [1.807, 2.05) is 13.0 Å². The predicted octanol–water partition coefficient (Wildman–Crippen LogP) is 4.98. The Balaban J connectivity index is 2.02. The lowest BCUT2D eigenvalue weighted by molar-refractivity contribution is -0.119. The fraction of sp³-hybridized carbons (Fsp3) is 0.545. The van der Waals surface area contributed by atoms with Crippen molar-refractivity contribution in [2.45, 2.75) is 59.8 Å². The van der Waals surface area contributed by atoms with Crippen molar-refractivity contribution in [2.75, 3.05) is 7.11 Å². The summed E-state index contributed by atoms with van der Waals surface area (Å²) in [5, 5.41) is 9.95. The largest absolute Gasteiger partial charge is 0.504 e. The molecule has 0 aromatic rings. The van der Waals surface area contributed by atoms with Crippen LogP contribution < -0.4 is 0 Å². The van der Waals surface area contributed by atoms with Crippen LogP contribution in [0.1, 0.15) is 59.8 Å². The Kier molecular flexibility index (Phi) is 6.27. The third kappa shape index (κ3) is 4.17. The molecule has 0 radical (unpaired) electrons. The van der Waals surface area contributed by atoms with Gasteiger partial charge in [-0.05, 0) is 57.3 Å². The van der Waals surface area contributed by atoms with E-state index in [4.69, 9.17) is 4.74 Å². The lowest BCUT2D eigenvalue weighted by atomic mass is 9.65. The van der Waals surface area contributed by atoms with E-state index in [0.29, 0.717) is 5.92 Å². The molecule has 0 spiro atoms. The van der Waals surface area contributed by atoms with Crippen molar-refractivity contribution in [2.24, 2.45) is 11.3 Å². The molecule has 142 valence electrons. The molecule has 0 aromatic carbocycles. The molecule has 4 nitrogen and oxygen atoms in total. The summed E-state index contributed by atoms with van der Waals surface area (Å²) in [7, 11) is 1.35. The highest BCUT2D eigenvalue weighted by atomic mass is 16.5. The second kappa shape index (κ2) is 8.07. The Morgan fingerprint density at radius 1 is 1.42 bits per heavy atom. The lowest BCUT2D eigenvalue weighted by Crippen LogP contribution is -2.29. The summed E-state index contributed by atoms with van der Waals surface area (Å²) in [5.41, 5.74) is 3.04. The van der Waals surface area contributed by atoms with E-state index in [0.717, 1.165) is 25.3 Å². The Bertz CT molecular complexity index is 720. The Hall–Kier alpha value is -2.10. The van der Waals surface area contributed by atoms with Gasteiger partial charge in [0.1, 0.15) is 0 Å². The molecule has 2 atom stereocenters. The van der Waals surface area contributed by atoms with Gasteiger partial charge < -0.3 is 9.84 Å². The number of allylic oxidation sites excluding steroid dienone is 6. The van der Waals surface area contributed by atoms with Gasteiger partial charge in [-0.2, -0.15) is 0 Å². The molecule has 0 unspecified atom stereocenters. The van der Waals surface area contributed by atoms with Crippen LogP contribution in [0.25, 0.3) is 0 Å². The number of aliphatic hydroxyl groups excluding tert-OH is 1. The van der Waals surface area contributed by atoms with Crippen LogP contribution >= 0.6 is 0 Å². The van der Waals surface area contributed by atoms with Crippen molar-refractivity contribution < 1.29 is 19.4 Å². The van der Waals surface area contributed by atoms with Crippen molar-refractivity contribution in [3.63, 3.8) is 0 Å². The maximum Gasteiger partial charge on any atom is 0.227 e. The minimum Gasteiger partial charge on any atom is -0.504 e. The van der Waals surface area contributed by atoms with Gasteiger partial charge in [0, 0.05) is 6.08 Å². The van der Waals surface area contributed by atoms with Gasteiger partial charge in [-0.3, -0.25) is 9.59 Å². The van der Waals surface area contributed by atoms with Crippen LogP contribution in [-0.2, 0) is 14.3 Å². The number of Topliss-reactive ketones (excluding diaryl/α,β-unsaturated/α-hetero) is 1. The minimum atomic E-state index is -0.576. The first kappa shape index (κ1) is 20.2. The topological polar surface area (TPSA) is 63.6 Å². The number of rotatable bonds is 6. The first-order valence-electron chi connectivity index (χ1n) is 9.28. The molecule has 2 aliphatic rings. The molecule has 0 aliphatic heterocycles. The van der Waals surface area contributed by atoms with E-state index >= 15 is 0 Å². The summed E-state index contributed by atoms with van der Waals surface area (Å²) < 4.78 is 4.94. The highest BCUT2D eigenvalue weighted by Gasteiger charge is 2.33. The van der Waals surface area contributed by atoms with Gasteiger partial charge in [0.25, 0.3) is 0 Å². The van der Waals surface area contributed by atoms with Crippen LogP contribution in [0.2, 0.25) is 0 Å². The number of methoxy groups -OCH3 is 1. The van der Waals surface area contributed by atoms with Crippen molar-refractivity contribution in [1.82, 2.24) is 0 Å². The van der Waals surface area contributed by atoms with Crippen LogP contribution in [0, 0.1) is 11.3 Å². The second-order valence-corrected chi connectivity index (χ2v) is 7.85. The molecular formula is C22H30O4. The molecule has 0 saturated heterocycles. The second-order valence-electron chi connectivity index (χ2n) is 7.85. The van der Waals surface area contributed by atoms with Crippen LogP contribution in [0.15, 0.2) is 46.5 Å². The van der Waals surface area contributed by atoms with Gasteiger partial charge >= 0.3 is 0 Å². The van der Waals surface area contributed by atoms with E-state index in [-0.39, 0.29) is 23.2 Å². The number of ketones is 2. The molecule has 0 aromatic heterocycles. The molecule has 0 bridgehead atoms. The maximum absolute atomic E-state index is 12.3. The molecular weight excluding hydrogens is 328 g/mol. The molecule has 26 heavy (non-hydrogen) atoms. The van der Waals surface area contributed by atoms with E-state index in [1.165, 1.54) is 24.7 Å². The molecule has 0 fully saturated rings. The first-order valence-corrected chi connectivity index (χ1v) is 9.28. The Labute approximate surface area is 156 Å². The van der Waals surface area contributed by atoms with Gasteiger partial charge in [-0.15, -0.1) is 0 Å². The fourth-order valence-electron chi connectivity index (χ4n) is 3.77. The lowest BCUT2D eigenvalue weighted by Gasteiger charge is -2.40. The smallest absolute Gasteiger partial charge is 0.227 e. The zero-order valence-electron chi connectivity index (χ0n) is 16.5. The fourth-order valence-corrected chi connectivity index (χ4v) is 3.77. The first-order chi connectivity index (χ1) is 12.2. The van der Waals surface area contributed by atoms with Crippen LogP contribution in [-0.4, -0.2) is 23.8 Å². The van der Waals surface area contributed by atoms with Crippen LogP contribution in [0.4, 0.5) is 0 Å². The van der Waals surface area contributed by atoms with Crippen LogP contribution in [0.5, 0.6) is 0 Å². The average molecular weight is 358 g/mol. The molecule has 2 aliphatic carbocycles.